The summed E-state index contributed by atoms with van der Waals surface area (Å²) in [5, 5.41) is 0.564. The molecule has 0 bridgehead atoms. The lowest BCUT2D eigenvalue weighted by atomic mass is 10.2. The first-order valence-corrected chi connectivity index (χ1v) is 7.80. The van der Waals surface area contributed by atoms with Gasteiger partial charge in [0.05, 0.1) is 38.1 Å². The SMILES string of the molecule is Cc1cc(Cl)ccc1S(=O)(=O)N1CC[NH+](C)CC1. The molecule has 0 aromatic heterocycles. The predicted molar refractivity (Wildman–Crippen MR) is 71.6 cm³/mol. The maximum atomic E-state index is 12.5. The zero-order valence-corrected chi connectivity index (χ0v) is 12.2. The molecular formula is C12H18ClN2O2S+. The highest BCUT2D eigenvalue weighted by Crippen LogP contribution is 2.22. The summed E-state index contributed by atoms with van der Waals surface area (Å²) in [7, 11) is -1.29. The van der Waals surface area contributed by atoms with E-state index in [0.29, 0.717) is 28.6 Å². The molecule has 1 aromatic rings. The molecule has 1 fully saturated rings. The fourth-order valence-corrected chi connectivity index (χ4v) is 4.02. The number of nitrogens with zero attached hydrogens (tertiary/aromatic N) is 1. The molecule has 100 valence electrons. The molecule has 1 aliphatic rings. The highest BCUT2D eigenvalue weighted by atomic mass is 35.5. The maximum Gasteiger partial charge on any atom is 0.243 e. The van der Waals surface area contributed by atoms with Gasteiger partial charge in [-0.05, 0) is 30.7 Å². The molecular weight excluding hydrogens is 272 g/mol. The van der Waals surface area contributed by atoms with Crippen LogP contribution < -0.4 is 4.90 Å². The van der Waals surface area contributed by atoms with Crippen molar-refractivity contribution in [2.24, 2.45) is 0 Å². The number of nitrogens with one attached hydrogen (secondary N) is 1. The standard InChI is InChI=1S/C12H17ClN2O2S/c1-10-9-11(13)3-4-12(10)18(16,17)15-7-5-14(2)6-8-15/h3-4,9H,5-8H2,1-2H3/p+1. The van der Waals surface area contributed by atoms with E-state index in [4.69, 9.17) is 11.6 Å². The molecule has 1 aromatic carbocycles. The lowest BCUT2D eigenvalue weighted by Crippen LogP contribution is -3.12. The van der Waals surface area contributed by atoms with Gasteiger partial charge in [0.1, 0.15) is 0 Å². The lowest BCUT2D eigenvalue weighted by Gasteiger charge is -2.29. The normalized spacial score (nSPS) is 19.1. The first-order valence-electron chi connectivity index (χ1n) is 5.99. The molecule has 0 saturated carbocycles. The third-order valence-corrected chi connectivity index (χ3v) is 5.62. The largest absolute Gasteiger partial charge is 0.335 e. The summed E-state index contributed by atoms with van der Waals surface area (Å²) in [5.41, 5.74) is 0.703. The second-order valence-electron chi connectivity index (χ2n) is 4.77. The summed E-state index contributed by atoms with van der Waals surface area (Å²) in [4.78, 5) is 1.74. The topological polar surface area (TPSA) is 41.8 Å². The van der Waals surface area contributed by atoms with E-state index in [1.165, 1.54) is 4.90 Å². The van der Waals surface area contributed by atoms with Crippen molar-refractivity contribution < 1.29 is 13.3 Å². The predicted octanol–water partition coefficient (Wildman–Crippen LogP) is 0.167. The molecule has 18 heavy (non-hydrogen) atoms. The van der Waals surface area contributed by atoms with Gasteiger partial charge in [0.25, 0.3) is 0 Å². The van der Waals surface area contributed by atoms with E-state index in [9.17, 15) is 8.42 Å². The highest BCUT2D eigenvalue weighted by Gasteiger charge is 2.30. The van der Waals surface area contributed by atoms with E-state index in [1.54, 1.807) is 29.4 Å². The van der Waals surface area contributed by atoms with Gasteiger partial charge >= 0.3 is 0 Å². The minimum absolute atomic E-state index is 0.367. The van der Waals surface area contributed by atoms with Crippen molar-refractivity contribution in [2.75, 3.05) is 33.2 Å². The maximum absolute atomic E-state index is 12.5. The van der Waals surface area contributed by atoms with Crippen LogP contribution in [-0.4, -0.2) is 45.9 Å². The van der Waals surface area contributed by atoms with Crippen LogP contribution in [-0.2, 0) is 10.0 Å². The Bertz CT molecular complexity index is 537. The van der Waals surface area contributed by atoms with Gasteiger partial charge in [0.2, 0.25) is 10.0 Å². The molecule has 0 unspecified atom stereocenters. The number of quaternary nitrogens is 1. The molecule has 1 N–H and O–H groups in total. The van der Waals surface area contributed by atoms with Crippen LogP contribution in [0.25, 0.3) is 0 Å². The second-order valence-corrected chi connectivity index (χ2v) is 7.11. The Morgan fingerprint density at radius 3 is 2.44 bits per heavy atom. The number of hydrogen-bond acceptors (Lipinski definition) is 2. The fourth-order valence-electron chi connectivity index (χ4n) is 2.15. The second kappa shape index (κ2) is 5.17. The van der Waals surface area contributed by atoms with Gasteiger partial charge in [0.15, 0.2) is 0 Å². The number of aryl methyl sites for hydroxylation is 1. The van der Waals surface area contributed by atoms with Crippen LogP contribution in [0.1, 0.15) is 5.56 Å². The van der Waals surface area contributed by atoms with Gasteiger partial charge in [-0.3, -0.25) is 0 Å². The van der Waals surface area contributed by atoms with Crippen LogP contribution >= 0.6 is 11.6 Å². The van der Waals surface area contributed by atoms with Crippen molar-refractivity contribution in [3.63, 3.8) is 0 Å². The number of sulfonamides is 1. The van der Waals surface area contributed by atoms with Crippen molar-refractivity contribution >= 4 is 21.6 Å². The fraction of sp³-hybridized carbons (Fsp3) is 0.500. The average molecular weight is 290 g/mol. The number of rotatable bonds is 2. The number of likely N-dealkylation sites (N-methyl/N-ethyl adjacent to an activating group) is 1. The van der Waals surface area contributed by atoms with Gasteiger partial charge in [0, 0.05) is 5.02 Å². The summed E-state index contributed by atoms with van der Waals surface area (Å²) < 4.78 is 26.6. The lowest BCUT2D eigenvalue weighted by molar-refractivity contribution is -0.883. The Morgan fingerprint density at radius 2 is 1.89 bits per heavy atom. The van der Waals surface area contributed by atoms with Crippen molar-refractivity contribution in [2.45, 2.75) is 11.8 Å². The zero-order valence-electron chi connectivity index (χ0n) is 10.6. The summed E-state index contributed by atoms with van der Waals surface area (Å²) in [5.74, 6) is 0. The van der Waals surface area contributed by atoms with Crippen molar-refractivity contribution in [1.29, 1.82) is 0 Å². The zero-order chi connectivity index (χ0) is 13.3. The van der Waals surface area contributed by atoms with E-state index in [2.05, 4.69) is 7.05 Å². The van der Waals surface area contributed by atoms with Crippen molar-refractivity contribution in [3.8, 4) is 0 Å². The number of piperazine rings is 1. The Kier molecular flexibility index (Phi) is 3.96. The van der Waals surface area contributed by atoms with Crippen LogP contribution in [0.5, 0.6) is 0 Å². The monoisotopic (exact) mass is 289 g/mol. The Balaban J connectivity index is 2.30. The van der Waals surface area contributed by atoms with E-state index in [0.717, 1.165) is 13.1 Å². The first-order chi connectivity index (χ1) is 8.41. The molecule has 4 nitrogen and oxygen atoms in total. The average Bonchev–Trinajstić information content (AvgIpc) is 2.29. The van der Waals surface area contributed by atoms with Crippen LogP contribution in [0.3, 0.4) is 0 Å². The molecule has 0 atom stereocenters. The van der Waals surface area contributed by atoms with Gasteiger partial charge < -0.3 is 4.90 Å². The van der Waals surface area contributed by atoms with Crippen LogP contribution in [0.4, 0.5) is 0 Å². The molecule has 6 heteroatoms. The molecule has 1 aliphatic heterocycles. The number of benzene rings is 1. The Morgan fingerprint density at radius 1 is 1.28 bits per heavy atom. The van der Waals surface area contributed by atoms with E-state index < -0.39 is 10.0 Å². The van der Waals surface area contributed by atoms with Crippen molar-refractivity contribution in [3.05, 3.63) is 28.8 Å². The summed E-state index contributed by atoms with van der Waals surface area (Å²) in [6.45, 7) is 4.64. The molecule has 1 heterocycles. The third kappa shape index (κ3) is 2.69. The van der Waals surface area contributed by atoms with E-state index in [-0.39, 0.29) is 0 Å². The quantitative estimate of drug-likeness (QED) is 0.843. The summed E-state index contributed by atoms with van der Waals surface area (Å²) in [6, 6.07) is 4.91. The smallest absolute Gasteiger partial charge is 0.243 e. The van der Waals surface area contributed by atoms with Gasteiger partial charge in [-0.1, -0.05) is 11.6 Å². The number of halogens is 1. The summed E-state index contributed by atoms with van der Waals surface area (Å²) in [6.07, 6.45) is 0. The Hall–Kier alpha value is -0.620. The van der Waals surface area contributed by atoms with Crippen LogP contribution in [0, 0.1) is 6.92 Å². The van der Waals surface area contributed by atoms with Crippen molar-refractivity contribution in [1.82, 2.24) is 4.31 Å². The highest BCUT2D eigenvalue weighted by molar-refractivity contribution is 7.89. The van der Waals surface area contributed by atoms with Gasteiger partial charge in [-0.15, -0.1) is 0 Å². The Labute approximate surface area is 113 Å². The van der Waals surface area contributed by atoms with Crippen LogP contribution in [0.2, 0.25) is 5.02 Å². The molecule has 0 radical (unpaired) electrons. The van der Waals surface area contributed by atoms with Gasteiger partial charge in [-0.25, -0.2) is 8.42 Å². The molecule has 0 amide bonds. The molecule has 0 spiro atoms. The minimum Gasteiger partial charge on any atom is -0.335 e. The van der Waals surface area contributed by atoms with E-state index >= 15 is 0 Å². The van der Waals surface area contributed by atoms with Crippen LogP contribution in [0.15, 0.2) is 23.1 Å². The molecule has 1 saturated heterocycles. The molecule has 0 aliphatic carbocycles. The number of hydrogen-bond donors (Lipinski definition) is 1. The molecule has 2 rings (SSSR count). The van der Waals surface area contributed by atoms with E-state index in [1.807, 2.05) is 0 Å². The summed E-state index contributed by atoms with van der Waals surface area (Å²) >= 11 is 5.86. The first kappa shape index (κ1) is 13.8. The van der Waals surface area contributed by atoms with Gasteiger partial charge in [-0.2, -0.15) is 4.31 Å². The minimum atomic E-state index is -3.37. The third-order valence-electron chi connectivity index (χ3n) is 3.33.